The first kappa shape index (κ1) is 14.4. The molecule has 4 nitrogen and oxygen atoms in total. The Balaban J connectivity index is 1.46. The third-order valence-electron chi connectivity index (χ3n) is 4.67. The average molecular weight is 288 g/mol. The fraction of sp³-hybridized carbons (Fsp3) is 0.588. The molecular formula is C17H24N2O2. The number of rotatable bonds is 5. The van der Waals surface area contributed by atoms with Gasteiger partial charge in [-0.1, -0.05) is 12.1 Å². The summed E-state index contributed by atoms with van der Waals surface area (Å²) in [6.07, 6.45) is 5.55. The van der Waals surface area contributed by atoms with E-state index in [-0.39, 0.29) is 5.91 Å². The molecular weight excluding hydrogens is 264 g/mol. The molecule has 0 radical (unpaired) electrons. The number of nitrogens with one attached hydrogen (secondary N) is 2. The zero-order valence-electron chi connectivity index (χ0n) is 12.6. The van der Waals surface area contributed by atoms with Crippen molar-refractivity contribution < 1.29 is 9.53 Å². The third kappa shape index (κ3) is 3.76. The van der Waals surface area contributed by atoms with Gasteiger partial charge in [0.25, 0.3) is 0 Å². The lowest BCUT2D eigenvalue weighted by Gasteiger charge is -2.28. The molecule has 114 valence electrons. The molecule has 2 aliphatic heterocycles. The monoisotopic (exact) mass is 288 g/mol. The molecule has 0 aromatic heterocycles. The normalized spacial score (nSPS) is 27.4. The fourth-order valence-corrected chi connectivity index (χ4v) is 3.66. The van der Waals surface area contributed by atoms with Crippen LogP contribution in [0.5, 0.6) is 5.75 Å². The number of carbonyl (C=O) groups excluding carboxylic acids is 1. The molecule has 0 spiro atoms. The van der Waals surface area contributed by atoms with Gasteiger partial charge in [-0.3, -0.25) is 4.79 Å². The minimum absolute atomic E-state index is 0.170. The Hall–Kier alpha value is -1.55. The van der Waals surface area contributed by atoms with Crippen LogP contribution in [0.15, 0.2) is 24.3 Å². The highest BCUT2D eigenvalue weighted by atomic mass is 16.5. The van der Waals surface area contributed by atoms with E-state index in [2.05, 4.69) is 10.6 Å². The Morgan fingerprint density at radius 3 is 2.81 bits per heavy atom. The third-order valence-corrected chi connectivity index (χ3v) is 4.67. The number of piperidine rings is 1. The first-order valence-corrected chi connectivity index (χ1v) is 7.88. The molecule has 2 heterocycles. The van der Waals surface area contributed by atoms with Gasteiger partial charge in [-0.05, 0) is 49.3 Å². The van der Waals surface area contributed by atoms with Crippen LogP contribution in [0.3, 0.4) is 0 Å². The smallest absolute Gasteiger partial charge is 0.220 e. The SMILES string of the molecule is COc1cccc(CNC(=O)CC2CC3CCC(C2)N3)c1. The maximum atomic E-state index is 12.1. The summed E-state index contributed by atoms with van der Waals surface area (Å²) in [5, 5.41) is 6.65. The van der Waals surface area contributed by atoms with Gasteiger partial charge in [0.2, 0.25) is 5.91 Å². The summed E-state index contributed by atoms with van der Waals surface area (Å²) >= 11 is 0. The van der Waals surface area contributed by atoms with Crippen molar-refractivity contribution in [1.29, 1.82) is 0 Å². The topological polar surface area (TPSA) is 50.4 Å². The number of fused-ring (bicyclic) bond motifs is 2. The second-order valence-electron chi connectivity index (χ2n) is 6.31. The molecule has 0 aliphatic carbocycles. The van der Waals surface area contributed by atoms with Crippen LogP contribution in [0.2, 0.25) is 0 Å². The highest BCUT2D eigenvalue weighted by molar-refractivity contribution is 5.76. The zero-order valence-corrected chi connectivity index (χ0v) is 12.6. The van der Waals surface area contributed by atoms with Crippen molar-refractivity contribution in [2.45, 2.75) is 50.7 Å². The van der Waals surface area contributed by atoms with Crippen molar-refractivity contribution in [3.63, 3.8) is 0 Å². The Morgan fingerprint density at radius 1 is 1.33 bits per heavy atom. The second kappa shape index (κ2) is 6.48. The number of carbonyl (C=O) groups is 1. The summed E-state index contributed by atoms with van der Waals surface area (Å²) in [5.41, 5.74) is 1.08. The van der Waals surface area contributed by atoms with E-state index in [0.29, 0.717) is 31.0 Å². The molecule has 4 heteroatoms. The Kier molecular flexibility index (Phi) is 4.44. The van der Waals surface area contributed by atoms with Crippen molar-refractivity contribution in [2.24, 2.45) is 5.92 Å². The van der Waals surface area contributed by atoms with Crippen molar-refractivity contribution in [3.05, 3.63) is 29.8 Å². The van der Waals surface area contributed by atoms with Gasteiger partial charge in [0.1, 0.15) is 5.75 Å². The molecule has 2 bridgehead atoms. The first-order chi connectivity index (χ1) is 10.2. The first-order valence-electron chi connectivity index (χ1n) is 7.88. The zero-order chi connectivity index (χ0) is 14.7. The largest absolute Gasteiger partial charge is 0.497 e. The van der Waals surface area contributed by atoms with E-state index >= 15 is 0 Å². The fourth-order valence-electron chi connectivity index (χ4n) is 3.66. The lowest BCUT2D eigenvalue weighted by Crippen LogP contribution is -2.39. The number of hydrogen-bond donors (Lipinski definition) is 2. The molecule has 0 saturated carbocycles. The summed E-state index contributed by atoms with van der Waals surface area (Å²) in [6.45, 7) is 0.577. The van der Waals surface area contributed by atoms with Crippen molar-refractivity contribution in [3.8, 4) is 5.75 Å². The lowest BCUT2D eigenvalue weighted by molar-refractivity contribution is -0.122. The van der Waals surface area contributed by atoms with Crippen molar-refractivity contribution >= 4 is 5.91 Å². The van der Waals surface area contributed by atoms with E-state index < -0.39 is 0 Å². The van der Waals surface area contributed by atoms with Gasteiger partial charge in [0.15, 0.2) is 0 Å². The summed E-state index contributed by atoms with van der Waals surface area (Å²) in [5.74, 6) is 1.55. The molecule has 1 amide bonds. The van der Waals surface area contributed by atoms with E-state index in [0.717, 1.165) is 24.2 Å². The van der Waals surface area contributed by atoms with Crippen LogP contribution in [-0.2, 0) is 11.3 Å². The number of benzene rings is 1. The molecule has 2 atom stereocenters. The van der Waals surface area contributed by atoms with Crippen LogP contribution in [0, 0.1) is 5.92 Å². The molecule has 3 rings (SSSR count). The Morgan fingerprint density at radius 2 is 2.10 bits per heavy atom. The van der Waals surface area contributed by atoms with Gasteiger partial charge in [0, 0.05) is 25.0 Å². The molecule has 1 aromatic carbocycles. The summed E-state index contributed by atoms with van der Waals surface area (Å²) in [4.78, 5) is 12.1. The van der Waals surface area contributed by atoms with Crippen LogP contribution in [0.4, 0.5) is 0 Å². The van der Waals surface area contributed by atoms with Gasteiger partial charge in [-0.15, -0.1) is 0 Å². The van der Waals surface area contributed by atoms with Crippen LogP contribution in [-0.4, -0.2) is 25.1 Å². The number of hydrogen-bond acceptors (Lipinski definition) is 3. The molecule has 2 fully saturated rings. The highest BCUT2D eigenvalue weighted by Gasteiger charge is 2.34. The number of ether oxygens (including phenoxy) is 1. The lowest BCUT2D eigenvalue weighted by atomic mass is 9.89. The van der Waals surface area contributed by atoms with Crippen LogP contribution >= 0.6 is 0 Å². The molecule has 2 unspecified atom stereocenters. The van der Waals surface area contributed by atoms with E-state index in [9.17, 15) is 4.79 Å². The molecule has 21 heavy (non-hydrogen) atoms. The van der Waals surface area contributed by atoms with Gasteiger partial charge in [-0.2, -0.15) is 0 Å². The van der Waals surface area contributed by atoms with E-state index in [1.54, 1.807) is 7.11 Å². The minimum Gasteiger partial charge on any atom is -0.497 e. The van der Waals surface area contributed by atoms with E-state index in [1.165, 1.54) is 12.8 Å². The highest BCUT2D eigenvalue weighted by Crippen LogP contribution is 2.32. The van der Waals surface area contributed by atoms with E-state index in [1.807, 2.05) is 24.3 Å². The van der Waals surface area contributed by atoms with Gasteiger partial charge < -0.3 is 15.4 Å². The standard InChI is InChI=1S/C17H24N2O2/c1-21-16-4-2-3-12(9-16)11-18-17(20)10-13-7-14-5-6-15(8-13)19-14/h2-4,9,13-15,19H,5-8,10-11H2,1H3,(H,18,20). The predicted octanol–water partition coefficient (Wildman–Crippen LogP) is 2.23. The molecule has 2 aliphatic rings. The summed E-state index contributed by atoms with van der Waals surface area (Å²) < 4.78 is 5.19. The second-order valence-corrected chi connectivity index (χ2v) is 6.31. The minimum atomic E-state index is 0.170. The Bertz CT molecular complexity index is 491. The van der Waals surface area contributed by atoms with Gasteiger partial charge in [0.05, 0.1) is 7.11 Å². The number of methoxy groups -OCH3 is 1. The quantitative estimate of drug-likeness (QED) is 0.873. The van der Waals surface area contributed by atoms with Crippen molar-refractivity contribution in [1.82, 2.24) is 10.6 Å². The van der Waals surface area contributed by atoms with Crippen LogP contribution in [0.25, 0.3) is 0 Å². The maximum Gasteiger partial charge on any atom is 0.220 e. The van der Waals surface area contributed by atoms with Gasteiger partial charge in [-0.25, -0.2) is 0 Å². The number of amides is 1. The predicted molar refractivity (Wildman–Crippen MR) is 82.1 cm³/mol. The summed E-state index contributed by atoms with van der Waals surface area (Å²) in [7, 11) is 1.66. The summed E-state index contributed by atoms with van der Waals surface area (Å²) in [6, 6.07) is 9.14. The average Bonchev–Trinajstić information content (AvgIpc) is 2.84. The van der Waals surface area contributed by atoms with E-state index in [4.69, 9.17) is 4.74 Å². The molecule has 2 N–H and O–H groups in total. The molecule has 2 saturated heterocycles. The maximum absolute atomic E-state index is 12.1. The van der Waals surface area contributed by atoms with Crippen LogP contribution < -0.4 is 15.4 Å². The van der Waals surface area contributed by atoms with Crippen LogP contribution in [0.1, 0.15) is 37.7 Å². The Labute approximate surface area is 126 Å². The molecule has 1 aromatic rings. The van der Waals surface area contributed by atoms with Crippen molar-refractivity contribution in [2.75, 3.05) is 7.11 Å². The van der Waals surface area contributed by atoms with Gasteiger partial charge >= 0.3 is 0 Å².